The lowest BCUT2D eigenvalue weighted by molar-refractivity contribution is -0.120. The minimum absolute atomic E-state index is 0.0141. The van der Waals surface area contributed by atoms with Crippen LogP contribution in [0.4, 0.5) is 0 Å². The topological polar surface area (TPSA) is 63.9 Å². The number of methoxy groups -OCH3 is 1. The number of hydrogen-bond donors (Lipinski definition) is 1. The molecule has 1 unspecified atom stereocenters. The van der Waals surface area contributed by atoms with Crippen LogP contribution in [0.25, 0.3) is 0 Å². The number of nitrogens with zero attached hydrogens (tertiary/aromatic N) is 1. The van der Waals surface area contributed by atoms with Gasteiger partial charge in [0.1, 0.15) is 17.3 Å². The molecule has 1 fully saturated rings. The van der Waals surface area contributed by atoms with Gasteiger partial charge >= 0.3 is 0 Å². The van der Waals surface area contributed by atoms with E-state index in [9.17, 15) is 4.79 Å². The van der Waals surface area contributed by atoms with Crippen LogP contribution in [-0.2, 0) is 16.0 Å². The van der Waals surface area contributed by atoms with E-state index >= 15 is 0 Å². The lowest BCUT2D eigenvalue weighted by atomic mass is 10.1. The monoisotopic (exact) mass is 358 g/mol. The first-order chi connectivity index (χ1) is 12.7. The molecule has 0 saturated carbocycles. The fraction of sp³-hybridized carbons (Fsp3) is 0.450. The minimum atomic E-state index is -0.0141. The Morgan fingerprint density at radius 3 is 2.77 bits per heavy atom. The third-order valence-electron chi connectivity index (χ3n) is 4.57. The first-order valence-corrected chi connectivity index (χ1v) is 8.93. The summed E-state index contributed by atoms with van der Waals surface area (Å²) in [4.78, 5) is 14.7. The quantitative estimate of drug-likeness (QED) is 0.823. The molecule has 140 valence electrons. The van der Waals surface area contributed by atoms with Crippen molar-refractivity contribution in [2.24, 2.45) is 0 Å². The Kier molecular flexibility index (Phi) is 6.30. The lowest BCUT2D eigenvalue weighted by Gasteiger charge is -2.33. The zero-order chi connectivity index (χ0) is 18.4. The molecule has 0 aliphatic carbocycles. The van der Waals surface area contributed by atoms with Gasteiger partial charge in [0.05, 0.1) is 32.8 Å². The van der Waals surface area contributed by atoms with Crippen LogP contribution in [-0.4, -0.2) is 50.8 Å². The Balaban J connectivity index is 1.62. The van der Waals surface area contributed by atoms with E-state index in [0.29, 0.717) is 26.2 Å². The Morgan fingerprint density at radius 2 is 2.08 bits per heavy atom. The number of morpholine rings is 1. The summed E-state index contributed by atoms with van der Waals surface area (Å²) in [7, 11) is 1.62. The van der Waals surface area contributed by atoms with Crippen molar-refractivity contribution in [3.8, 4) is 5.75 Å². The van der Waals surface area contributed by atoms with E-state index in [-0.39, 0.29) is 11.9 Å². The Hall–Kier alpha value is -2.31. The van der Waals surface area contributed by atoms with Crippen molar-refractivity contribution in [2.45, 2.75) is 19.4 Å². The molecule has 0 spiro atoms. The van der Waals surface area contributed by atoms with Gasteiger partial charge in [-0.1, -0.05) is 12.1 Å². The van der Waals surface area contributed by atoms with Gasteiger partial charge in [-0.3, -0.25) is 9.69 Å². The van der Waals surface area contributed by atoms with Gasteiger partial charge in [0.15, 0.2) is 0 Å². The summed E-state index contributed by atoms with van der Waals surface area (Å²) in [6, 6.07) is 11.5. The van der Waals surface area contributed by atoms with Crippen LogP contribution in [0.2, 0.25) is 0 Å². The highest BCUT2D eigenvalue weighted by Crippen LogP contribution is 2.23. The standard InChI is InChI=1S/C20H26N2O4/c1-15-6-7-19(26-15)18(22-8-10-25-11-9-22)14-21-20(23)13-16-4-3-5-17(12-16)24-2/h3-7,12,18H,8-11,13-14H2,1-2H3,(H,21,23). The van der Waals surface area contributed by atoms with Crippen LogP contribution >= 0.6 is 0 Å². The minimum Gasteiger partial charge on any atom is -0.497 e. The highest BCUT2D eigenvalue weighted by atomic mass is 16.5. The Labute approximate surface area is 154 Å². The number of carbonyl (C=O) groups excluding carboxylic acids is 1. The second-order valence-corrected chi connectivity index (χ2v) is 6.44. The molecule has 6 heteroatoms. The van der Waals surface area contributed by atoms with Gasteiger partial charge < -0.3 is 19.2 Å². The number of nitrogens with one attached hydrogen (secondary N) is 1. The third kappa shape index (κ3) is 4.86. The summed E-state index contributed by atoms with van der Waals surface area (Å²) >= 11 is 0. The largest absolute Gasteiger partial charge is 0.497 e. The van der Waals surface area contributed by atoms with Gasteiger partial charge in [0.25, 0.3) is 0 Å². The molecule has 1 atom stereocenters. The van der Waals surface area contributed by atoms with E-state index in [4.69, 9.17) is 13.9 Å². The summed E-state index contributed by atoms with van der Waals surface area (Å²) in [5.74, 6) is 2.50. The van der Waals surface area contributed by atoms with Gasteiger partial charge in [-0.15, -0.1) is 0 Å². The first-order valence-electron chi connectivity index (χ1n) is 8.93. The average molecular weight is 358 g/mol. The number of amides is 1. The Bertz CT molecular complexity index is 722. The smallest absolute Gasteiger partial charge is 0.224 e. The Morgan fingerprint density at radius 1 is 1.27 bits per heavy atom. The summed E-state index contributed by atoms with van der Waals surface area (Å²) in [6.07, 6.45) is 0.324. The second kappa shape index (κ2) is 8.87. The van der Waals surface area contributed by atoms with Crippen LogP contribution < -0.4 is 10.1 Å². The molecule has 1 aromatic heterocycles. The highest BCUT2D eigenvalue weighted by Gasteiger charge is 2.25. The fourth-order valence-corrected chi connectivity index (χ4v) is 3.17. The van der Waals surface area contributed by atoms with E-state index < -0.39 is 0 Å². The molecule has 3 rings (SSSR count). The van der Waals surface area contributed by atoms with E-state index in [1.54, 1.807) is 7.11 Å². The average Bonchev–Trinajstić information content (AvgIpc) is 3.09. The molecule has 6 nitrogen and oxygen atoms in total. The predicted molar refractivity (Wildman–Crippen MR) is 98.3 cm³/mol. The predicted octanol–water partition coefficient (Wildman–Crippen LogP) is 2.33. The summed E-state index contributed by atoms with van der Waals surface area (Å²) < 4.78 is 16.5. The number of aryl methyl sites for hydroxylation is 1. The number of benzene rings is 1. The molecule has 1 aliphatic heterocycles. The third-order valence-corrected chi connectivity index (χ3v) is 4.57. The molecular formula is C20H26N2O4. The van der Waals surface area contributed by atoms with Crippen molar-refractivity contribution in [1.29, 1.82) is 0 Å². The number of carbonyl (C=O) groups is 1. The van der Waals surface area contributed by atoms with Crippen LogP contribution in [0.3, 0.4) is 0 Å². The van der Waals surface area contributed by atoms with Gasteiger partial charge in [-0.25, -0.2) is 0 Å². The van der Waals surface area contributed by atoms with E-state index in [0.717, 1.165) is 35.9 Å². The van der Waals surface area contributed by atoms with Crippen LogP contribution in [0, 0.1) is 6.92 Å². The molecule has 2 aromatic rings. The molecule has 26 heavy (non-hydrogen) atoms. The number of ether oxygens (including phenoxy) is 2. The van der Waals surface area contributed by atoms with Crippen molar-refractivity contribution in [2.75, 3.05) is 40.0 Å². The van der Waals surface area contributed by atoms with Gasteiger partial charge in [-0.2, -0.15) is 0 Å². The van der Waals surface area contributed by atoms with Crippen molar-refractivity contribution >= 4 is 5.91 Å². The maximum Gasteiger partial charge on any atom is 0.224 e. The molecule has 0 radical (unpaired) electrons. The van der Waals surface area contributed by atoms with Crippen molar-refractivity contribution < 1.29 is 18.7 Å². The zero-order valence-electron chi connectivity index (χ0n) is 15.4. The lowest BCUT2D eigenvalue weighted by Crippen LogP contribution is -2.43. The zero-order valence-corrected chi connectivity index (χ0v) is 15.4. The fourth-order valence-electron chi connectivity index (χ4n) is 3.17. The summed E-state index contributed by atoms with van der Waals surface area (Å²) in [6.45, 7) is 5.51. The normalized spacial score (nSPS) is 16.2. The highest BCUT2D eigenvalue weighted by molar-refractivity contribution is 5.78. The van der Waals surface area contributed by atoms with Crippen LogP contribution in [0.15, 0.2) is 40.8 Å². The van der Waals surface area contributed by atoms with Crippen molar-refractivity contribution in [3.63, 3.8) is 0 Å². The van der Waals surface area contributed by atoms with E-state index in [1.807, 2.05) is 43.3 Å². The van der Waals surface area contributed by atoms with Crippen molar-refractivity contribution in [3.05, 3.63) is 53.5 Å². The maximum absolute atomic E-state index is 12.4. The van der Waals surface area contributed by atoms with Crippen LogP contribution in [0.5, 0.6) is 5.75 Å². The molecule has 1 aromatic carbocycles. The van der Waals surface area contributed by atoms with E-state index in [2.05, 4.69) is 10.2 Å². The van der Waals surface area contributed by atoms with E-state index in [1.165, 1.54) is 0 Å². The SMILES string of the molecule is COc1cccc(CC(=O)NCC(c2ccc(C)o2)N2CCOCC2)c1. The van der Waals surface area contributed by atoms with Gasteiger partial charge in [0.2, 0.25) is 5.91 Å². The molecule has 1 saturated heterocycles. The van der Waals surface area contributed by atoms with Crippen molar-refractivity contribution in [1.82, 2.24) is 10.2 Å². The number of furan rings is 1. The molecular weight excluding hydrogens is 332 g/mol. The summed E-state index contributed by atoms with van der Waals surface area (Å²) in [5, 5.41) is 3.05. The second-order valence-electron chi connectivity index (χ2n) is 6.44. The number of hydrogen-bond acceptors (Lipinski definition) is 5. The molecule has 1 amide bonds. The molecule has 0 bridgehead atoms. The molecule has 1 N–H and O–H groups in total. The number of rotatable bonds is 7. The van der Waals surface area contributed by atoms with Gasteiger partial charge in [-0.05, 0) is 36.8 Å². The first kappa shape index (κ1) is 18.5. The van der Waals surface area contributed by atoms with Gasteiger partial charge in [0, 0.05) is 19.6 Å². The summed E-state index contributed by atoms with van der Waals surface area (Å²) in [5.41, 5.74) is 0.929. The molecule has 2 heterocycles. The molecule has 1 aliphatic rings. The van der Waals surface area contributed by atoms with Crippen LogP contribution in [0.1, 0.15) is 23.1 Å². The maximum atomic E-state index is 12.4.